The third kappa shape index (κ3) is 4.78. The zero-order valence-corrected chi connectivity index (χ0v) is 17.8. The van der Waals surface area contributed by atoms with Gasteiger partial charge in [0.15, 0.2) is 5.65 Å². The van der Waals surface area contributed by atoms with Gasteiger partial charge in [0.1, 0.15) is 30.4 Å². The highest BCUT2D eigenvalue weighted by Gasteiger charge is 2.16. The monoisotopic (exact) mass is 437 g/mol. The van der Waals surface area contributed by atoms with Crippen molar-refractivity contribution in [3.8, 4) is 11.4 Å². The minimum atomic E-state index is -0.218. The van der Waals surface area contributed by atoms with Crippen LogP contribution in [0.2, 0.25) is 5.02 Å². The molecule has 4 aromatic rings. The first kappa shape index (κ1) is 21.1. The molecular weight excluding hydrogens is 417 g/mol. The number of ether oxygens (including phenoxy) is 1. The lowest BCUT2D eigenvalue weighted by Crippen LogP contribution is -2.30. The molecule has 1 aromatic carbocycles. The van der Waals surface area contributed by atoms with E-state index < -0.39 is 0 Å². The minimum absolute atomic E-state index is 0.218. The fraction of sp³-hybridized carbons (Fsp3) is 0.217. The summed E-state index contributed by atoms with van der Waals surface area (Å²) < 4.78 is 19.7. The second kappa shape index (κ2) is 9.76. The van der Waals surface area contributed by atoms with Gasteiger partial charge in [-0.1, -0.05) is 29.8 Å². The molecule has 0 spiro atoms. The van der Waals surface area contributed by atoms with E-state index in [4.69, 9.17) is 16.3 Å². The van der Waals surface area contributed by atoms with Crippen LogP contribution in [0, 0.1) is 5.82 Å². The first-order chi connectivity index (χ1) is 15.2. The standard InChI is InChI=1S/C23H21ClFN5O/c1-2-31-15-30(13-11-16-6-3-4-8-19(16)25)23-17-9-10-20(29-22(17)27-14-28-23)21-18(24)7-5-12-26-21/h3-10,12,14H,2,11,13,15H2,1H3. The molecule has 3 aromatic heterocycles. The Hall–Kier alpha value is -3.16. The van der Waals surface area contributed by atoms with Crippen LogP contribution in [0.1, 0.15) is 12.5 Å². The van der Waals surface area contributed by atoms with Gasteiger partial charge in [-0.25, -0.2) is 19.3 Å². The van der Waals surface area contributed by atoms with Crippen LogP contribution in [-0.2, 0) is 11.2 Å². The quantitative estimate of drug-likeness (QED) is 0.364. The summed E-state index contributed by atoms with van der Waals surface area (Å²) in [7, 11) is 0. The van der Waals surface area contributed by atoms with Gasteiger partial charge in [0.2, 0.25) is 0 Å². The molecule has 4 rings (SSSR count). The summed E-state index contributed by atoms with van der Waals surface area (Å²) in [4.78, 5) is 19.7. The molecule has 31 heavy (non-hydrogen) atoms. The van der Waals surface area contributed by atoms with Gasteiger partial charge >= 0.3 is 0 Å². The molecule has 0 saturated heterocycles. The molecule has 0 radical (unpaired) electrons. The number of benzene rings is 1. The summed E-state index contributed by atoms with van der Waals surface area (Å²) in [5.41, 5.74) is 2.39. The van der Waals surface area contributed by atoms with Crippen molar-refractivity contribution in [2.45, 2.75) is 13.3 Å². The molecule has 0 aliphatic carbocycles. The molecule has 0 unspecified atom stereocenters. The van der Waals surface area contributed by atoms with Crippen LogP contribution in [0.5, 0.6) is 0 Å². The second-order valence-electron chi connectivity index (χ2n) is 6.83. The molecule has 0 amide bonds. The zero-order valence-electron chi connectivity index (χ0n) is 17.0. The van der Waals surface area contributed by atoms with Crippen molar-refractivity contribution in [2.75, 3.05) is 24.8 Å². The molecule has 158 valence electrons. The van der Waals surface area contributed by atoms with Crippen molar-refractivity contribution >= 4 is 28.5 Å². The van der Waals surface area contributed by atoms with E-state index in [9.17, 15) is 4.39 Å². The summed E-state index contributed by atoms with van der Waals surface area (Å²) in [6.45, 7) is 3.34. The second-order valence-corrected chi connectivity index (χ2v) is 7.23. The van der Waals surface area contributed by atoms with Crippen LogP contribution in [-0.4, -0.2) is 39.8 Å². The van der Waals surface area contributed by atoms with Gasteiger partial charge in [0, 0.05) is 19.3 Å². The molecule has 0 bridgehead atoms. The minimum Gasteiger partial charge on any atom is -0.361 e. The number of anilines is 1. The predicted octanol–water partition coefficient (Wildman–Crippen LogP) is 4.92. The van der Waals surface area contributed by atoms with Crippen LogP contribution in [0.15, 0.2) is 61.1 Å². The number of halogens is 2. The van der Waals surface area contributed by atoms with Gasteiger partial charge in [0.25, 0.3) is 0 Å². The van der Waals surface area contributed by atoms with Crippen molar-refractivity contribution in [1.29, 1.82) is 0 Å². The first-order valence-corrected chi connectivity index (χ1v) is 10.3. The Kier molecular flexibility index (Phi) is 6.64. The Morgan fingerprint density at radius 1 is 1.03 bits per heavy atom. The van der Waals surface area contributed by atoms with Crippen LogP contribution in [0.4, 0.5) is 10.2 Å². The summed E-state index contributed by atoms with van der Waals surface area (Å²) in [6, 6.07) is 14.1. The Labute approximate surface area is 184 Å². The van der Waals surface area contributed by atoms with Gasteiger partial charge in [-0.05, 0) is 49.2 Å². The van der Waals surface area contributed by atoms with Gasteiger partial charge in [0.05, 0.1) is 16.1 Å². The molecule has 6 nitrogen and oxygen atoms in total. The van der Waals surface area contributed by atoms with Crippen molar-refractivity contribution in [2.24, 2.45) is 0 Å². The molecule has 3 heterocycles. The van der Waals surface area contributed by atoms with E-state index >= 15 is 0 Å². The average molecular weight is 438 g/mol. The lowest BCUT2D eigenvalue weighted by atomic mass is 10.1. The summed E-state index contributed by atoms with van der Waals surface area (Å²) >= 11 is 6.27. The van der Waals surface area contributed by atoms with E-state index in [1.807, 2.05) is 30.0 Å². The van der Waals surface area contributed by atoms with Crippen molar-refractivity contribution < 1.29 is 9.13 Å². The lowest BCUT2D eigenvalue weighted by molar-refractivity contribution is 0.147. The zero-order chi connectivity index (χ0) is 21.6. The fourth-order valence-corrected chi connectivity index (χ4v) is 3.50. The Balaban J connectivity index is 1.67. The Morgan fingerprint density at radius 2 is 1.90 bits per heavy atom. The third-order valence-corrected chi connectivity index (χ3v) is 5.14. The maximum absolute atomic E-state index is 14.1. The van der Waals surface area contributed by atoms with Crippen LogP contribution >= 0.6 is 11.6 Å². The smallest absolute Gasteiger partial charge is 0.165 e. The molecule has 0 N–H and O–H groups in total. The SMILES string of the molecule is CCOCN(CCc1ccccc1F)c1ncnc2nc(-c3ncccc3Cl)ccc12. The maximum Gasteiger partial charge on any atom is 0.165 e. The highest BCUT2D eigenvalue weighted by atomic mass is 35.5. The van der Waals surface area contributed by atoms with Gasteiger partial charge in [-0.2, -0.15) is 0 Å². The number of nitrogens with zero attached hydrogens (tertiary/aromatic N) is 5. The largest absolute Gasteiger partial charge is 0.361 e. The topological polar surface area (TPSA) is 64.0 Å². The summed E-state index contributed by atoms with van der Waals surface area (Å²) in [6.07, 6.45) is 3.65. The number of hydrogen-bond acceptors (Lipinski definition) is 6. The number of aromatic nitrogens is 4. The number of pyridine rings is 2. The lowest BCUT2D eigenvalue weighted by Gasteiger charge is -2.24. The Bertz CT molecular complexity index is 1190. The van der Waals surface area contributed by atoms with Crippen LogP contribution < -0.4 is 4.90 Å². The Morgan fingerprint density at radius 3 is 2.71 bits per heavy atom. The summed E-state index contributed by atoms with van der Waals surface area (Å²) in [5, 5.41) is 1.29. The van der Waals surface area contributed by atoms with Crippen LogP contribution in [0.25, 0.3) is 22.4 Å². The molecule has 0 aliphatic rings. The fourth-order valence-electron chi connectivity index (χ4n) is 3.28. The summed E-state index contributed by atoms with van der Waals surface area (Å²) in [5.74, 6) is 0.464. The molecule has 0 saturated carbocycles. The maximum atomic E-state index is 14.1. The number of fused-ring (bicyclic) bond motifs is 1. The molecule has 8 heteroatoms. The van der Waals surface area contributed by atoms with Crippen molar-refractivity contribution in [3.05, 3.63) is 77.5 Å². The van der Waals surface area contributed by atoms with E-state index in [0.717, 1.165) is 5.39 Å². The third-order valence-electron chi connectivity index (χ3n) is 4.84. The first-order valence-electron chi connectivity index (χ1n) is 9.96. The van der Waals surface area contributed by atoms with E-state index in [1.54, 1.807) is 30.5 Å². The van der Waals surface area contributed by atoms with Crippen LogP contribution in [0.3, 0.4) is 0 Å². The average Bonchev–Trinajstić information content (AvgIpc) is 2.80. The molecule has 0 fully saturated rings. The van der Waals surface area contributed by atoms with Gasteiger partial charge < -0.3 is 9.64 Å². The van der Waals surface area contributed by atoms with Gasteiger partial charge in [-0.3, -0.25) is 4.98 Å². The van der Waals surface area contributed by atoms with Gasteiger partial charge in [-0.15, -0.1) is 0 Å². The van der Waals surface area contributed by atoms with Crippen molar-refractivity contribution in [1.82, 2.24) is 19.9 Å². The normalized spacial score (nSPS) is 11.1. The highest BCUT2D eigenvalue weighted by molar-refractivity contribution is 6.32. The predicted molar refractivity (Wildman–Crippen MR) is 120 cm³/mol. The van der Waals surface area contributed by atoms with E-state index in [2.05, 4.69) is 19.9 Å². The highest BCUT2D eigenvalue weighted by Crippen LogP contribution is 2.28. The molecular formula is C23H21ClFN5O. The van der Waals surface area contributed by atoms with E-state index in [1.165, 1.54) is 12.4 Å². The van der Waals surface area contributed by atoms with Crippen molar-refractivity contribution in [3.63, 3.8) is 0 Å². The molecule has 0 aliphatic heterocycles. The number of rotatable bonds is 8. The number of hydrogen-bond donors (Lipinski definition) is 0. The molecule has 0 atom stereocenters. The van der Waals surface area contributed by atoms with E-state index in [-0.39, 0.29) is 5.82 Å². The van der Waals surface area contributed by atoms with E-state index in [0.29, 0.717) is 59.7 Å².